The summed E-state index contributed by atoms with van der Waals surface area (Å²) in [6.45, 7) is 1.57. The Morgan fingerprint density at radius 3 is 2.94 bits per heavy atom. The number of hydrogen-bond donors (Lipinski definition) is 1. The highest BCUT2D eigenvalue weighted by Crippen LogP contribution is 2.38. The standard InChI is InChI=1S/C12H15N3O2/c1-17-12(16)10-8-6-13-5-4-9(8)14-11(15-10)7-2-3-7/h7,13H,2-6H2,1H3. The zero-order valence-electron chi connectivity index (χ0n) is 9.82. The van der Waals surface area contributed by atoms with Gasteiger partial charge < -0.3 is 10.1 Å². The Morgan fingerprint density at radius 1 is 1.41 bits per heavy atom. The number of ether oxygens (including phenoxy) is 1. The molecule has 1 saturated carbocycles. The minimum absolute atomic E-state index is 0.353. The molecule has 2 heterocycles. The van der Waals surface area contributed by atoms with E-state index in [2.05, 4.69) is 15.3 Å². The van der Waals surface area contributed by atoms with E-state index in [-0.39, 0.29) is 5.97 Å². The van der Waals surface area contributed by atoms with Crippen molar-refractivity contribution >= 4 is 5.97 Å². The summed E-state index contributed by atoms with van der Waals surface area (Å²) in [7, 11) is 1.39. The quantitative estimate of drug-likeness (QED) is 0.765. The summed E-state index contributed by atoms with van der Waals surface area (Å²) in [5.74, 6) is 0.930. The molecule has 1 aliphatic carbocycles. The van der Waals surface area contributed by atoms with Gasteiger partial charge in [0.15, 0.2) is 5.69 Å². The fourth-order valence-corrected chi connectivity index (χ4v) is 2.15. The van der Waals surface area contributed by atoms with Gasteiger partial charge in [-0.3, -0.25) is 0 Å². The first kappa shape index (κ1) is 10.7. The second kappa shape index (κ2) is 4.07. The van der Waals surface area contributed by atoms with Gasteiger partial charge in [-0.15, -0.1) is 0 Å². The van der Waals surface area contributed by atoms with E-state index in [4.69, 9.17) is 4.74 Å². The lowest BCUT2D eigenvalue weighted by atomic mass is 10.0. The number of fused-ring (bicyclic) bond motifs is 1. The lowest BCUT2D eigenvalue weighted by Gasteiger charge is -2.19. The van der Waals surface area contributed by atoms with Gasteiger partial charge in [-0.25, -0.2) is 14.8 Å². The van der Waals surface area contributed by atoms with E-state index in [0.29, 0.717) is 18.2 Å². The van der Waals surface area contributed by atoms with Crippen molar-refractivity contribution in [3.63, 3.8) is 0 Å². The Morgan fingerprint density at radius 2 is 2.24 bits per heavy atom. The molecular formula is C12H15N3O2. The third-order valence-electron chi connectivity index (χ3n) is 3.27. The molecule has 0 aromatic carbocycles. The van der Waals surface area contributed by atoms with Gasteiger partial charge in [0.25, 0.3) is 0 Å². The molecule has 0 unspecified atom stereocenters. The maximum Gasteiger partial charge on any atom is 0.357 e. The number of nitrogens with one attached hydrogen (secondary N) is 1. The predicted octanol–water partition coefficient (Wildman–Crippen LogP) is 0.786. The van der Waals surface area contributed by atoms with Gasteiger partial charge in [0.2, 0.25) is 0 Å². The monoisotopic (exact) mass is 233 g/mol. The van der Waals surface area contributed by atoms with Crippen LogP contribution in [-0.2, 0) is 17.7 Å². The highest BCUT2D eigenvalue weighted by molar-refractivity contribution is 5.89. The Labute approximate surface area is 99.6 Å². The molecule has 17 heavy (non-hydrogen) atoms. The first-order valence-corrected chi connectivity index (χ1v) is 5.98. The summed E-state index contributed by atoms with van der Waals surface area (Å²) in [6, 6.07) is 0. The maximum absolute atomic E-state index is 11.7. The Balaban J connectivity index is 2.09. The molecule has 1 aromatic heterocycles. The zero-order valence-corrected chi connectivity index (χ0v) is 9.82. The highest BCUT2D eigenvalue weighted by atomic mass is 16.5. The normalized spacial score (nSPS) is 18.6. The number of hydrogen-bond acceptors (Lipinski definition) is 5. The van der Waals surface area contributed by atoms with Gasteiger partial charge in [-0.2, -0.15) is 0 Å². The smallest absolute Gasteiger partial charge is 0.357 e. The summed E-state index contributed by atoms with van der Waals surface area (Å²) in [5, 5.41) is 3.24. The number of aromatic nitrogens is 2. The molecule has 0 bridgehead atoms. The van der Waals surface area contributed by atoms with Crippen LogP contribution in [0.2, 0.25) is 0 Å². The lowest BCUT2D eigenvalue weighted by molar-refractivity contribution is 0.0591. The van der Waals surface area contributed by atoms with Crippen LogP contribution in [0.3, 0.4) is 0 Å². The van der Waals surface area contributed by atoms with Gasteiger partial charge >= 0.3 is 5.97 Å². The first-order chi connectivity index (χ1) is 8.29. The molecule has 2 aliphatic rings. The van der Waals surface area contributed by atoms with E-state index in [1.54, 1.807) is 0 Å². The average molecular weight is 233 g/mol. The second-order valence-electron chi connectivity index (χ2n) is 4.55. The van der Waals surface area contributed by atoms with Crippen LogP contribution in [0.5, 0.6) is 0 Å². The number of carbonyl (C=O) groups excluding carboxylic acids is 1. The number of nitrogens with zero attached hydrogens (tertiary/aromatic N) is 2. The molecule has 0 radical (unpaired) electrons. The summed E-state index contributed by atoms with van der Waals surface area (Å²) < 4.78 is 4.80. The zero-order chi connectivity index (χ0) is 11.8. The average Bonchev–Trinajstić information content (AvgIpc) is 3.21. The van der Waals surface area contributed by atoms with Crippen LogP contribution in [-0.4, -0.2) is 29.6 Å². The molecule has 3 rings (SSSR count). The van der Waals surface area contributed by atoms with Gasteiger partial charge in [0.05, 0.1) is 12.8 Å². The molecule has 1 aliphatic heterocycles. The van der Waals surface area contributed by atoms with Crippen molar-refractivity contribution in [1.82, 2.24) is 15.3 Å². The topological polar surface area (TPSA) is 64.1 Å². The maximum atomic E-state index is 11.7. The molecule has 0 amide bonds. The molecule has 0 saturated heterocycles. The van der Waals surface area contributed by atoms with E-state index in [1.165, 1.54) is 7.11 Å². The number of carbonyl (C=O) groups is 1. The van der Waals surface area contributed by atoms with Crippen LogP contribution >= 0.6 is 0 Å². The molecule has 5 heteroatoms. The van der Waals surface area contributed by atoms with Crippen LogP contribution in [0.15, 0.2) is 0 Å². The Bertz CT molecular complexity index is 469. The van der Waals surface area contributed by atoms with E-state index >= 15 is 0 Å². The highest BCUT2D eigenvalue weighted by Gasteiger charge is 2.30. The van der Waals surface area contributed by atoms with Gasteiger partial charge in [0.1, 0.15) is 5.82 Å². The number of esters is 1. The number of rotatable bonds is 2. The minimum atomic E-state index is -0.353. The largest absolute Gasteiger partial charge is 0.464 e. The summed E-state index contributed by atoms with van der Waals surface area (Å²) in [6.07, 6.45) is 3.14. The SMILES string of the molecule is COC(=O)c1nc(C2CC2)nc2c1CNCC2. The third-order valence-corrected chi connectivity index (χ3v) is 3.27. The van der Waals surface area contributed by atoms with Crippen LogP contribution in [0.25, 0.3) is 0 Å². The number of methoxy groups -OCH3 is 1. The second-order valence-corrected chi connectivity index (χ2v) is 4.55. The van der Waals surface area contributed by atoms with Crippen molar-refractivity contribution in [3.8, 4) is 0 Å². The van der Waals surface area contributed by atoms with Crippen molar-refractivity contribution in [2.45, 2.75) is 31.7 Å². The molecule has 0 spiro atoms. The van der Waals surface area contributed by atoms with Crippen LogP contribution in [0, 0.1) is 0 Å². The van der Waals surface area contributed by atoms with E-state index < -0.39 is 0 Å². The van der Waals surface area contributed by atoms with Crippen molar-refractivity contribution in [3.05, 3.63) is 22.8 Å². The molecule has 1 aromatic rings. The molecular weight excluding hydrogens is 218 g/mol. The van der Waals surface area contributed by atoms with Crippen molar-refractivity contribution in [1.29, 1.82) is 0 Å². The lowest BCUT2D eigenvalue weighted by Crippen LogP contribution is -2.28. The van der Waals surface area contributed by atoms with E-state index in [9.17, 15) is 4.79 Å². The van der Waals surface area contributed by atoms with E-state index in [0.717, 1.165) is 42.9 Å². The molecule has 0 atom stereocenters. The summed E-state index contributed by atoms with van der Waals surface area (Å²) in [5.41, 5.74) is 2.38. The van der Waals surface area contributed by atoms with Gasteiger partial charge in [0, 0.05) is 31.0 Å². The summed E-state index contributed by atoms with van der Waals surface area (Å²) >= 11 is 0. The van der Waals surface area contributed by atoms with Crippen molar-refractivity contribution in [2.75, 3.05) is 13.7 Å². The summed E-state index contributed by atoms with van der Waals surface area (Å²) in [4.78, 5) is 20.7. The van der Waals surface area contributed by atoms with Crippen LogP contribution < -0.4 is 5.32 Å². The van der Waals surface area contributed by atoms with Gasteiger partial charge in [-0.1, -0.05) is 0 Å². The molecule has 1 fully saturated rings. The van der Waals surface area contributed by atoms with Crippen molar-refractivity contribution in [2.24, 2.45) is 0 Å². The van der Waals surface area contributed by atoms with Crippen LogP contribution in [0.4, 0.5) is 0 Å². The Hall–Kier alpha value is -1.49. The van der Waals surface area contributed by atoms with Crippen molar-refractivity contribution < 1.29 is 9.53 Å². The Kier molecular flexibility index (Phi) is 2.55. The fourth-order valence-electron chi connectivity index (χ4n) is 2.15. The molecule has 1 N–H and O–H groups in total. The minimum Gasteiger partial charge on any atom is -0.464 e. The third kappa shape index (κ3) is 1.91. The molecule has 90 valence electrons. The van der Waals surface area contributed by atoms with Crippen LogP contribution in [0.1, 0.15) is 46.3 Å². The van der Waals surface area contributed by atoms with Gasteiger partial charge in [-0.05, 0) is 12.8 Å². The molecule has 5 nitrogen and oxygen atoms in total. The first-order valence-electron chi connectivity index (χ1n) is 5.98. The van der Waals surface area contributed by atoms with E-state index in [1.807, 2.05) is 0 Å². The fraction of sp³-hybridized carbons (Fsp3) is 0.583. The predicted molar refractivity (Wildman–Crippen MR) is 60.8 cm³/mol.